The maximum absolute atomic E-state index is 11.7. The van der Waals surface area contributed by atoms with Gasteiger partial charge in [0.1, 0.15) is 0 Å². The second-order valence-electron chi connectivity index (χ2n) is 5.49. The van der Waals surface area contributed by atoms with E-state index in [9.17, 15) is 9.90 Å². The van der Waals surface area contributed by atoms with Gasteiger partial charge in [0.05, 0.1) is 12.5 Å². The van der Waals surface area contributed by atoms with Gasteiger partial charge in [-0.25, -0.2) is 0 Å². The normalized spacial score (nSPS) is 12.8. The standard InChI is InChI=1S/C15H25N3O2.2ClH/c1-11(2)9-13(16)14(19)10-15(20)18-8-6-12-5-3-4-7-17-12;;/h3-5,7,11,13-14,19H,6,8-10,16H2,1-2H3,(H,18,20);2*1H. The van der Waals surface area contributed by atoms with Gasteiger partial charge in [-0.15, -0.1) is 24.8 Å². The van der Waals surface area contributed by atoms with E-state index >= 15 is 0 Å². The van der Waals surface area contributed by atoms with Crippen LogP contribution in [0.2, 0.25) is 0 Å². The molecule has 128 valence electrons. The summed E-state index contributed by atoms with van der Waals surface area (Å²) in [5.41, 5.74) is 6.78. The van der Waals surface area contributed by atoms with Crippen LogP contribution >= 0.6 is 24.8 Å². The summed E-state index contributed by atoms with van der Waals surface area (Å²) in [6, 6.07) is 5.34. The molecule has 2 unspecified atom stereocenters. The molecule has 5 nitrogen and oxygen atoms in total. The quantitative estimate of drug-likeness (QED) is 0.665. The Morgan fingerprint density at radius 2 is 2.05 bits per heavy atom. The molecule has 4 N–H and O–H groups in total. The lowest BCUT2D eigenvalue weighted by atomic mass is 9.98. The van der Waals surface area contributed by atoms with Crippen molar-refractivity contribution in [1.29, 1.82) is 0 Å². The summed E-state index contributed by atoms with van der Waals surface area (Å²) in [6.07, 6.45) is 2.39. The van der Waals surface area contributed by atoms with E-state index in [1.807, 2.05) is 32.0 Å². The zero-order chi connectivity index (χ0) is 15.0. The zero-order valence-electron chi connectivity index (χ0n) is 13.1. The smallest absolute Gasteiger partial charge is 0.222 e. The Bertz CT molecular complexity index is 405. The van der Waals surface area contributed by atoms with Gasteiger partial charge in [-0.3, -0.25) is 9.78 Å². The molecule has 1 heterocycles. The van der Waals surface area contributed by atoms with E-state index in [0.717, 1.165) is 5.69 Å². The fourth-order valence-corrected chi connectivity index (χ4v) is 1.99. The molecule has 1 aromatic rings. The number of pyridine rings is 1. The molecule has 1 aromatic heterocycles. The molecule has 7 heteroatoms. The monoisotopic (exact) mass is 351 g/mol. The van der Waals surface area contributed by atoms with Gasteiger partial charge in [-0.05, 0) is 24.5 Å². The van der Waals surface area contributed by atoms with Crippen LogP contribution in [0.1, 0.15) is 32.4 Å². The topological polar surface area (TPSA) is 88.2 Å². The highest BCUT2D eigenvalue weighted by atomic mass is 35.5. The first-order valence-electron chi connectivity index (χ1n) is 7.09. The van der Waals surface area contributed by atoms with E-state index in [1.54, 1.807) is 6.20 Å². The number of rotatable bonds is 8. The number of amides is 1. The predicted molar refractivity (Wildman–Crippen MR) is 93.5 cm³/mol. The minimum absolute atomic E-state index is 0. The van der Waals surface area contributed by atoms with Crippen molar-refractivity contribution in [1.82, 2.24) is 10.3 Å². The van der Waals surface area contributed by atoms with Crippen molar-refractivity contribution >= 4 is 30.7 Å². The Balaban J connectivity index is 0. The lowest BCUT2D eigenvalue weighted by molar-refractivity contribution is -0.123. The molecule has 2 atom stereocenters. The van der Waals surface area contributed by atoms with Crippen molar-refractivity contribution in [2.45, 2.75) is 45.3 Å². The number of halogens is 2. The fourth-order valence-electron chi connectivity index (χ4n) is 1.99. The third-order valence-corrected chi connectivity index (χ3v) is 3.06. The van der Waals surface area contributed by atoms with E-state index < -0.39 is 6.10 Å². The molecule has 22 heavy (non-hydrogen) atoms. The van der Waals surface area contributed by atoms with Gasteiger partial charge in [-0.2, -0.15) is 0 Å². The van der Waals surface area contributed by atoms with Gasteiger partial charge >= 0.3 is 0 Å². The van der Waals surface area contributed by atoms with Gasteiger partial charge < -0.3 is 16.2 Å². The summed E-state index contributed by atoms with van der Waals surface area (Å²) < 4.78 is 0. The Kier molecular flexibility index (Phi) is 13.4. The molecule has 0 fully saturated rings. The van der Waals surface area contributed by atoms with E-state index in [4.69, 9.17) is 5.73 Å². The number of aliphatic hydroxyl groups is 1. The SMILES string of the molecule is CC(C)CC(N)C(O)CC(=O)NCCc1ccccn1.Cl.Cl. The molecule has 0 spiro atoms. The van der Waals surface area contributed by atoms with Crippen molar-refractivity contribution in [2.75, 3.05) is 6.54 Å². The molecule has 0 aliphatic heterocycles. The van der Waals surface area contributed by atoms with Crippen molar-refractivity contribution in [2.24, 2.45) is 11.7 Å². The summed E-state index contributed by atoms with van der Waals surface area (Å²) in [7, 11) is 0. The largest absolute Gasteiger partial charge is 0.391 e. The van der Waals surface area contributed by atoms with Crippen LogP contribution in [-0.4, -0.2) is 34.7 Å². The third-order valence-electron chi connectivity index (χ3n) is 3.06. The van der Waals surface area contributed by atoms with Gasteiger partial charge in [0.2, 0.25) is 5.91 Å². The minimum atomic E-state index is -0.785. The summed E-state index contributed by atoms with van der Waals surface area (Å²) >= 11 is 0. The number of hydrogen-bond donors (Lipinski definition) is 3. The number of aliphatic hydroxyl groups excluding tert-OH is 1. The van der Waals surface area contributed by atoms with Gasteiger partial charge in [-0.1, -0.05) is 19.9 Å². The molecule has 0 aliphatic rings. The summed E-state index contributed by atoms with van der Waals surface area (Å²) in [5, 5.41) is 12.6. The first-order valence-corrected chi connectivity index (χ1v) is 7.09. The van der Waals surface area contributed by atoms with Crippen LogP contribution in [-0.2, 0) is 11.2 Å². The Morgan fingerprint density at radius 1 is 1.36 bits per heavy atom. The molecule has 0 aromatic carbocycles. The number of hydrogen-bond acceptors (Lipinski definition) is 4. The van der Waals surface area contributed by atoms with Crippen LogP contribution < -0.4 is 11.1 Å². The summed E-state index contributed by atoms with van der Waals surface area (Å²) in [6.45, 7) is 4.60. The molecule has 1 rings (SSSR count). The maximum Gasteiger partial charge on any atom is 0.222 e. The first-order chi connectivity index (χ1) is 9.49. The molecule has 1 amide bonds. The van der Waals surface area contributed by atoms with Crippen LogP contribution in [0.25, 0.3) is 0 Å². The number of nitrogens with zero attached hydrogens (tertiary/aromatic N) is 1. The third kappa shape index (κ3) is 9.95. The lowest BCUT2D eigenvalue weighted by Crippen LogP contribution is -2.40. The Morgan fingerprint density at radius 3 is 2.59 bits per heavy atom. The van der Waals surface area contributed by atoms with Crippen LogP contribution in [0.15, 0.2) is 24.4 Å². The van der Waals surface area contributed by atoms with Crippen LogP contribution in [0.5, 0.6) is 0 Å². The average Bonchev–Trinajstić information content (AvgIpc) is 2.39. The van der Waals surface area contributed by atoms with Crippen molar-refractivity contribution in [3.63, 3.8) is 0 Å². The number of nitrogens with two attached hydrogens (primary N) is 1. The van der Waals surface area contributed by atoms with E-state index in [0.29, 0.717) is 25.3 Å². The highest BCUT2D eigenvalue weighted by Crippen LogP contribution is 2.08. The highest BCUT2D eigenvalue weighted by Gasteiger charge is 2.19. The lowest BCUT2D eigenvalue weighted by Gasteiger charge is -2.20. The molecule has 0 aliphatic carbocycles. The fraction of sp³-hybridized carbons (Fsp3) is 0.600. The number of aromatic nitrogens is 1. The number of nitrogens with one attached hydrogen (secondary N) is 1. The average molecular weight is 352 g/mol. The van der Waals surface area contributed by atoms with E-state index in [1.165, 1.54) is 0 Å². The molecular weight excluding hydrogens is 325 g/mol. The zero-order valence-corrected chi connectivity index (χ0v) is 14.7. The van der Waals surface area contributed by atoms with Gasteiger partial charge in [0, 0.05) is 30.9 Å². The summed E-state index contributed by atoms with van der Waals surface area (Å²) in [5.74, 6) is 0.236. The van der Waals surface area contributed by atoms with Gasteiger partial charge in [0.25, 0.3) is 0 Å². The maximum atomic E-state index is 11.7. The Labute approximate surface area is 144 Å². The molecule has 0 radical (unpaired) electrons. The summed E-state index contributed by atoms with van der Waals surface area (Å²) in [4.78, 5) is 15.9. The van der Waals surface area contributed by atoms with Crippen molar-refractivity contribution in [3.05, 3.63) is 30.1 Å². The van der Waals surface area contributed by atoms with Crippen LogP contribution in [0, 0.1) is 5.92 Å². The molecule has 0 saturated heterocycles. The minimum Gasteiger partial charge on any atom is -0.391 e. The van der Waals surface area contributed by atoms with Crippen LogP contribution in [0.3, 0.4) is 0 Å². The van der Waals surface area contributed by atoms with E-state index in [-0.39, 0.29) is 43.2 Å². The van der Waals surface area contributed by atoms with Gasteiger partial charge in [0.15, 0.2) is 0 Å². The predicted octanol–water partition coefficient (Wildman–Crippen LogP) is 1.71. The van der Waals surface area contributed by atoms with Crippen molar-refractivity contribution < 1.29 is 9.90 Å². The highest BCUT2D eigenvalue weighted by molar-refractivity contribution is 5.85. The molecular formula is C15H27Cl2N3O2. The molecule has 0 bridgehead atoms. The van der Waals surface area contributed by atoms with Crippen molar-refractivity contribution in [3.8, 4) is 0 Å². The van der Waals surface area contributed by atoms with E-state index in [2.05, 4.69) is 10.3 Å². The second-order valence-corrected chi connectivity index (χ2v) is 5.49. The number of carbonyl (C=O) groups is 1. The molecule has 0 saturated carbocycles. The second kappa shape index (κ2) is 12.6. The first kappa shape index (κ1) is 23.4. The number of carbonyl (C=O) groups excluding carboxylic acids is 1. The van der Waals surface area contributed by atoms with Crippen LogP contribution in [0.4, 0.5) is 0 Å². The Hall–Kier alpha value is -0.880.